The van der Waals surface area contributed by atoms with E-state index in [-0.39, 0.29) is 11.9 Å². The van der Waals surface area contributed by atoms with Crippen molar-refractivity contribution in [1.82, 2.24) is 5.32 Å². The fraction of sp³-hybridized carbons (Fsp3) is 0.500. The summed E-state index contributed by atoms with van der Waals surface area (Å²) in [4.78, 5) is 11.3. The Morgan fingerprint density at radius 2 is 2.00 bits per heavy atom. The molecular weight excluding hydrogens is 212 g/mol. The first-order valence-corrected chi connectivity index (χ1v) is 6.30. The molecule has 0 spiro atoms. The molecule has 3 nitrogen and oxygen atoms in total. The SMILES string of the molecule is CCCCCN[C@@H](Cc1ccccc1)C(N)=O. The molecule has 0 aliphatic heterocycles. The van der Waals surface area contributed by atoms with Crippen LogP contribution in [0.25, 0.3) is 0 Å². The maximum atomic E-state index is 11.3. The van der Waals surface area contributed by atoms with Crippen molar-refractivity contribution in [2.24, 2.45) is 5.73 Å². The number of amides is 1. The van der Waals surface area contributed by atoms with Gasteiger partial charge < -0.3 is 11.1 Å². The van der Waals surface area contributed by atoms with Gasteiger partial charge in [0, 0.05) is 0 Å². The van der Waals surface area contributed by atoms with Gasteiger partial charge in [0.05, 0.1) is 6.04 Å². The number of hydrogen-bond donors (Lipinski definition) is 2. The average Bonchev–Trinajstić information content (AvgIpc) is 2.34. The molecule has 3 heteroatoms. The molecule has 1 rings (SSSR count). The lowest BCUT2D eigenvalue weighted by molar-refractivity contribution is -0.120. The average molecular weight is 234 g/mol. The lowest BCUT2D eigenvalue weighted by Crippen LogP contribution is -2.43. The Morgan fingerprint density at radius 1 is 1.29 bits per heavy atom. The smallest absolute Gasteiger partial charge is 0.234 e. The molecule has 0 saturated heterocycles. The first-order chi connectivity index (χ1) is 8.24. The molecule has 0 aliphatic carbocycles. The number of nitrogens with two attached hydrogens (primary N) is 1. The summed E-state index contributed by atoms with van der Waals surface area (Å²) in [5.41, 5.74) is 6.54. The van der Waals surface area contributed by atoms with Crippen molar-refractivity contribution < 1.29 is 4.79 Å². The minimum atomic E-state index is -0.273. The Kier molecular flexibility index (Phi) is 6.33. The summed E-state index contributed by atoms with van der Waals surface area (Å²) in [6.07, 6.45) is 4.13. The van der Waals surface area contributed by atoms with Crippen LogP contribution in [0.4, 0.5) is 0 Å². The van der Waals surface area contributed by atoms with E-state index < -0.39 is 0 Å². The van der Waals surface area contributed by atoms with Crippen molar-refractivity contribution in [1.29, 1.82) is 0 Å². The molecule has 3 N–H and O–H groups in total. The van der Waals surface area contributed by atoms with Crippen LogP contribution in [0.3, 0.4) is 0 Å². The molecule has 0 aromatic heterocycles. The maximum absolute atomic E-state index is 11.3. The largest absolute Gasteiger partial charge is 0.368 e. The quantitative estimate of drug-likeness (QED) is 0.675. The number of rotatable bonds is 8. The summed E-state index contributed by atoms with van der Waals surface area (Å²) in [6, 6.07) is 9.70. The lowest BCUT2D eigenvalue weighted by atomic mass is 10.1. The number of nitrogens with one attached hydrogen (secondary N) is 1. The van der Waals surface area contributed by atoms with E-state index in [1.54, 1.807) is 0 Å². The third kappa shape index (κ3) is 5.50. The van der Waals surface area contributed by atoms with Crippen LogP contribution >= 0.6 is 0 Å². The van der Waals surface area contributed by atoms with Crippen molar-refractivity contribution in [3.8, 4) is 0 Å². The van der Waals surface area contributed by atoms with Gasteiger partial charge in [0.25, 0.3) is 0 Å². The zero-order valence-electron chi connectivity index (χ0n) is 10.5. The van der Waals surface area contributed by atoms with Crippen molar-refractivity contribution in [3.63, 3.8) is 0 Å². The molecule has 1 aromatic rings. The van der Waals surface area contributed by atoms with Gasteiger partial charge >= 0.3 is 0 Å². The maximum Gasteiger partial charge on any atom is 0.234 e. The topological polar surface area (TPSA) is 55.1 Å². The third-order valence-electron chi connectivity index (χ3n) is 2.80. The first-order valence-electron chi connectivity index (χ1n) is 6.30. The number of benzene rings is 1. The first kappa shape index (κ1) is 13.7. The molecule has 0 aliphatic rings. The summed E-state index contributed by atoms with van der Waals surface area (Å²) in [5, 5.41) is 3.23. The van der Waals surface area contributed by atoms with Crippen molar-refractivity contribution in [2.75, 3.05) is 6.54 Å². The highest BCUT2D eigenvalue weighted by Crippen LogP contribution is 2.03. The zero-order chi connectivity index (χ0) is 12.5. The van der Waals surface area contributed by atoms with Crippen LogP contribution in [-0.2, 0) is 11.2 Å². The van der Waals surface area contributed by atoms with Gasteiger partial charge in [-0.1, -0.05) is 50.1 Å². The number of hydrogen-bond acceptors (Lipinski definition) is 2. The second-order valence-corrected chi connectivity index (χ2v) is 4.31. The molecule has 0 saturated carbocycles. The molecular formula is C14H22N2O. The number of carbonyl (C=O) groups is 1. The molecule has 0 unspecified atom stereocenters. The number of primary amides is 1. The Balaban J connectivity index is 2.41. The summed E-state index contributed by atoms with van der Waals surface area (Å²) in [7, 11) is 0. The van der Waals surface area contributed by atoms with E-state index in [4.69, 9.17) is 5.73 Å². The second-order valence-electron chi connectivity index (χ2n) is 4.31. The molecule has 17 heavy (non-hydrogen) atoms. The number of carbonyl (C=O) groups excluding carboxylic acids is 1. The van der Waals surface area contributed by atoms with E-state index >= 15 is 0 Å². The van der Waals surface area contributed by atoms with Crippen LogP contribution in [0.15, 0.2) is 30.3 Å². The highest BCUT2D eigenvalue weighted by atomic mass is 16.1. The molecule has 1 aromatic carbocycles. The number of unbranched alkanes of at least 4 members (excludes halogenated alkanes) is 2. The third-order valence-corrected chi connectivity index (χ3v) is 2.80. The van der Waals surface area contributed by atoms with Gasteiger partial charge in [-0.15, -0.1) is 0 Å². The van der Waals surface area contributed by atoms with Gasteiger partial charge in [-0.25, -0.2) is 0 Å². The predicted octanol–water partition coefficient (Wildman–Crippen LogP) is 1.86. The van der Waals surface area contributed by atoms with Crippen LogP contribution in [0.5, 0.6) is 0 Å². The van der Waals surface area contributed by atoms with Gasteiger partial charge in [-0.05, 0) is 24.9 Å². The normalized spacial score (nSPS) is 12.3. The lowest BCUT2D eigenvalue weighted by Gasteiger charge is -2.15. The van der Waals surface area contributed by atoms with Gasteiger partial charge in [-0.2, -0.15) is 0 Å². The monoisotopic (exact) mass is 234 g/mol. The van der Waals surface area contributed by atoms with Crippen LogP contribution in [-0.4, -0.2) is 18.5 Å². The van der Waals surface area contributed by atoms with Gasteiger partial charge in [0.15, 0.2) is 0 Å². The molecule has 0 heterocycles. The summed E-state index contributed by atoms with van der Waals surface area (Å²) in [6.45, 7) is 3.02. The Hall–Kier alpha value is -1.35. The van der Waals surface area contributed by atoms with Gasteiger partial charge in [0.2, 0.25) is 5.91 Å². The molecule has 94 valence electrons. The summed E-state index contributed by atoms with van der Waals surface area (Å²) >= 11 is 0. The van der Waals surface area contributed by atoms with Crippen molar-refractivity contribution in [2.45, 2.75) is 38.6 Å². The van der Waals surface area contributed by atoms with Crippen LogP contribution in [0, 0.1) is 0 Å². The minimum Gasteiger partial charge on any atom is -0.368 e. The Labute approximate surface area is 103 Å². The van der Waals surface area contributed by atoms with E-state index in [0.29, 0.717) is 6.42 Å². The second kappa shape index (κ2) is 7.85. The fourth-order valence-electron chi connectivity index (χ4n) is 1.77. The Bertz CT molecular complexity index is 324. The van der Waals surface area contributed by atoms with Gasteiger partial charge in [-0.3, -0.25) is 4.79 Å². The molecule has 0 bridgehead atoms. The fourth-order valence-corrected chi connectivity index (χ4v) is 1.77. The standard InChI is InChI=1S/C14H22N2O/c1-2-3-7-10-16-13(14(15)17)11-12-8-5-4-6-9-12/h4-6,8-9,13,16H,2-3,7,10-11H2,1H3,(H2,15,17)/t13-/m0/s1. The van der Waals surface area contributed by atoms with Gasteiger partial charge in [0.1, 0.15) is 0 Å². The molecule has 1 atom stereocenters. The summed E-state index contributed by atoms with van der Waals surface area (Å²) in [5.74, 6) is -0.273. The van der Waals surface area contributed by atoms with Crippen molar-refractivity contribution >= 4 is 5.91 Å². The Morgan fingerprint density at radius 3 is 2.59 bits per heavy atom. The van der Waals surface area contributed by atoms with E-state index in [1.807, 2.05) is 30.3 Å². The zero-order valence-corrected chi connectivity index (χ0v) is 10.5. The molecule has 0 fully saturated rings. The molecule has 1 amide bonds. The highest BCUT2D eigenvalue weighted by molar-refractivity contribution is 5.80. The molecule has 0 radical (unpaired) electrons. The van der Waals surface area contributed by atoms with Crippen LogP contribution in [0.1, 0.15) is 31.7 Å². The van der Waals surface area contributed by atoms with E-state index in [9.17, 15) is 4.79 Å². The van der Waals surface area contributed by atoms with E-state index in [2.05, 4.69) is 12.2 Å². The minimum absolute atomic E-state index is 0.255. The highest BCUT2D eigenvalue weighted by Gasteiger charge is 2.14. The van der Waals surface area contributed by atoms with Crippen LogP contribution < -0.4 is 11.1 Å². The van der Waals surface area contributed by atoms with E-state index in [1.165, 1.54) is 12.8 Å². The van der Waals surface area contributed by atoms with Crippen LogP contribution in [0.2, 0.25) is 0 Å². The van der Waals surface area contributed by atoms with Crippen molar-refractivity contribution in [3.05, 3.63) is 35.9 Å². The predicted molar refractivity (Wildman–Crippen MR) is 70.7 cm³/mol. The van der Waals surface area contributed by atoms with E-state index in [0.717, 1.165) is 18.5 Å². The summed E-state index contributed by atoms with van der Waals surface area (Å²) < 4.78 is 0.